The Bertz CT molecular complexity index is 6610. The fourth-order valence-electron chi connectivity index (χ4n) is 12.2. The summed E-state index contributed by atoms with van der Waals surface area (Å²) in [7, 11) is -28.0. The minimum atomic E-state index is -5.61. The first-order chi connectivity index (χ1) is 65.8. The van der Waals surface area contributed by atoms with Crippen LogP contribution < -0.4 is 0 Å². The number of aromatic amines is 1. The summed E-state index contributed by atoms with van der Waals surface area (Å²) < 4.78 is 204. The fraction of sp³-hybridized carbons (Fsp3) is 0.233. The minimum Gasteiger partial charge on any atom is -0.411 e. The normalized spacial score (nSPS) is 12.4. The van der Waals surface area contributed by atoms with Crippen LogP contribution >= 0.6 is 188 Å². The second-order valence-corrected chi connectivity index (χ2v) is 47.8. The number of hydrogen-bond acceptors (Lipinski definition) is 22. The summed E-state index contributed by atoms with van der Waals surface area (Å²) in [5, 5.41) is 28.0. The summed E-state index contributed by atoms with van der Waals surface area (Å²) in [6.07, 6.45) is 15.1. The number of aromatic nitrogens is 11. The first-order valence-corrected chi connectivity index (χ1v) is 57.9. The molecule has 0 unspecified atom stereocenters. The molecule has 0 bridgehead atoms. The lowest BCUT2D eigenvalue weighted by Gasteiger charge is -2.19. The zero-order valence-corrected chi connectivity index (χ0v) is 88.8. The van der Waals surface area contributed by atoms with Gasteiger partial charge < -0.3 is 57.8 Å². The molecule has 0 saturated carbocycles. The first-order valence-electron chi connectivity index (χ1n) is 40.5. The number of alkyl halides is 10. The van der Waals surface area contributed by atoms with Crippen molar-refractivity contribution in [3.05, 3.63) is 308 Å². The number of para-hydroxylation sites is 1. The van der Waals surface area contributed by atoms with Crippen molar-refractivity contribution in [3.8, 4) is 34.3 Å². The molecule has 14 aromatic rings. The van der Waals surface area contributed by atoms with Crippen LogP contribution in [0.2, 0.25) is 5.02 Å². The highest BCUT2D eigenvalue weighted by atomic mass is 79.9. The third-order valence-corrected chi connectivity index (χ3v) is 32.5. The molecule has 746 valence electrons. The van der Waals surface area contributed by atoms with Crippen LogP contribution in [-0.4, -0.2) is 133 Å². The monoisotopic (exact) mass is 2470 g/mol. The second kappa shape index (κ2) is 51.6. The molecule has 0 aliphatic heterocycles. The van der Waals surface area contributed by atoms with Crippen molar-refractivity contribution >= 4 is 199 Å². The van der Waals surface area contributed by atoms with Crippen LogP contribution in [0.25, 0.3) is 45.2 Å². The minimum absolute atomic E-state index is 0.00861. The average molecular weight is 2480 g/mol. The number of aryl methyl sites for hydroxylation is 5. The van der Waals surface area contributed by atoms with E-state index < -0.39 is 94.1 Å². The molecule has 54 heteroatoms. The molecular weight excluding hydrogens is 2400 g/mol. The van der Waals surface area contributed by atoms with Crippen molar-refractivity contribution in [2.24, 2.45) is 0 Å². The van der Waals surface area contributed by atoms with Gasteiger partial charge in [-0.2, -0.15) is 43.9 Å². The number of benzene rings is 7. The lowest BCUT2D eigenvalue weighted by Crippen LogP contribution is -2.14. The molecule has 11 N–H and O–H groups in total. The zero-order valence-electron chi connectivity index (χ0n) is 71.6. The number of thioether (sulfide) groups is 5. The first kappa shape index (κ1) is 115. The average Bonchev–Trinajstić information content (AvgIpc) is 1.21. The highest BCUT2D eigenvalue weighted by Gasteiger charge is 2.55. The Balaban J connectivity index is 0.000000181. The van der Waals surface area contributed by atoms with Crippen LogP contribution in [-0.2, 0) is 83.2 Å². The Hall–Kier alpha value is -6.69. The summed E-state index contributed by atoms with van der Waals surface area (Å²) in [5.41, 5.74) is -17.5. The summed E-state index contributed by atoms with van der Waals surface area (Å²) in [4.78, 5) is 110. The Morgan fingerprint density at radius 2 is 0.671 bits per heavy atom. The largest absolute Gasteiger partial charge is 0.411 e. The molecule has 0 radical (unpaired) electrons. The standard InChI is InChI=1S/C19H17BrF2NO3PS.C18H16BrClF2N3O3PS.2C17H15BrF2N3O4PS.C15H15BrF2NO3PS/c20-16-12-13(7-9-15(16)19(21,22)27(24,25)26)4-3-11-28-18-10-8-14-5-1-2-6-17(14)23-18;19-15-10-11(3-8-14(15)18(21,22)29(26,27)28)2-1-9-30-17-23-16(24-25-17)12-4-6-13(20)7-5-12;2*18-14-10-11(3-4-13(14)17(19,20)28(24,25)26)2-1-9-29-16-23-22-15(27-16)12-5-7-21-8-6-12;16-13-10-11(4-3-9-24-14-5-1-2-8-19-14)6-7-12(13)15(17,18)23(20,21)22/h1-2,5-10,12H,3-4,11H2,(H2,24,25,26);3-8,10H,1-2,9H2,(H,23,24,25)(H2,26,27,28);2*3-8,10H,1-2,9H2,(H2,24,25,26);1-2,5-8,10H,3-4,9H2,(H2,20,21,22). The lowest BCUT2D eigenvalue weighted by molar-refractivity contribution is 0.0557. The van der Waals surface area contributed by atoms with E-state index in [-0.39, 0.29) is 22.4 Å². The molecule has 7 heterocycles. The molecule has 0 aliphatic carbocycles. The summed E-state index contributed by atoms with van der Waals surface area (Å²) in [6.45, 7) is 0. The number of fused-ring (bicyclic) bond motifs is 1. The van der Waals surface area contributed by atoms with Gasteiger partial charge >= 0.3 is 66.3 Å². The summed E-state index contributed by atoms with van der Waals surface area (Å²) in [6, 6.07) is 51.6. The Kier molecular flexibility index (Phi) is 42.5. The van der Waals surface area contributed by atoms with Gasteiger partial charge in [-0.3, -0.25) is 37.9 Å². The van der Waals surface area contributed by atoms with Crippen molar-refractivity contribution in [1.29, 1.82) is 0 Å². The van der Waals surface area contributed by atoms with Crippen molar-refractivity contribution in [3.63, 3.8) is 0 Å². The number of halogens is 16. The Morgan fingerprint density at radius 1 is 0.343 bits per heavy atom. The lowest BCUT2D eigenvalue weighted by atomic mass is 10.1. The molecule has 0 amide bonds. The van der Waals surface area contributed by atoms with Crippen LogP contribution in [0.15, 0.2) is 282 Å². The van der Waals surface area contributed by atoms with E-state index in [1.807, 2.05) is 66.7 Å². The maximum absolute atomic E-state index is 13.9. The van der Waals surface area contributed by atoms with Gasteiger partial charge in [0.05, 0.1) is 15.6 Å². The van der Waals surface area contributed by atoms with Crippen molar-refractivity contribution in [2.75, 3.05) is 28.8 Å². The molecule has 14 rings (SSSR count). The number of nitrogens with zero attached hydrogens (tertiary/aromatic N) is 10. The van der Waals surface area contributed by atoms with E-state index in [4.69, 9.17) is 69.4 Å². The van der Waals surface area contributed by atoms with E-state index >= 15 is 0 Å². The van der Waals surface area contributed by atoms with Crippen LogP contribution in [0.4, 0.5) is 43.9 Å². The molecule has 0 spiro atoms. The molecule has 0 saturated heterocycles. The third-order valence-electron chi connectivity index (χ3n) is 19.3. The van der Waals surface area contributed by atoms with E-state index in [0.717, 1.165) is 127 Å². The van der Waals surface area contributed by atoms with Gasteiger partial charge in [0.1, 0.15) is 0 Å². The third kappa shape index (κ3) is 32.7. The van der Waals surface area contributed by atoms with Crippen molar-refractivity contribution in [1.82, 2.24) is 55.5 Å². The van der Waals surface area contributed by atoms with Gasteiger partial charge in [-0.25, -0.2) is 15.0 Å². The van der Waals surface area contributed by atoms with Crippen molar-refractivity contribution < 1.29 is 124 Å². The van der Waals surface area contributed by atoms with E-state index in [2.05, 4.69) is 135 Å². The predicted octanol–water partition coefficient (Wildman–Crippen LogP) is 26.3. The van der Waals surface area contributed by atoms with Gasteiger partial charge in [-0.15, -0.1) is 49.0 Å². The van der Waals surface area contributed by atoms with Crippen LogP contribution in [0.3, 0.4) is 0 Å². The van der Waals surface area contributed by atoms with Gasteiger partial charge in [0.2, 0.25) is 16.9 Å². The number of hydrogen-bond donors (Lipinski definition) is 11. The molecule has 0 fully saturated rings. The number of rotatable bonds is 38. The highest BCUT2D eigenvalue weighted by molar-refractivity contribution is 9.11. The molecule has 28 nitrogen and oxygen atoms in total. The van der Waals surface area contributed by atoms with E-state index in [1.165, 1.54) is 95.9 Å². The number of pyridine rings is 4. The quantitative estimate of drug-likeness (QED) is 0.00741. The van der Waals surface area contributed by atoms with E-state index in [0.29, 0.717) is 100 Å². The maximum Gasteiger partial charge on any atom is 0.399 e. The Labute approximate surface area is 860 Å². The predicted molar refractivity (Wildman–Crippen MR) is 533 cm³/mol. The van der Waals surface area contributed by atoms with E-state index in [9.17, 15) is 66.7 Å². The molecule has 0 aliphatic rings. The molecular formula is C86H78Br5ClF10N11O17P5S5. The summed E-state index contributed by atoms with van der Waals surface area (Å²) in [5.74, 6) is 5.11. The van der Waals surface area contributed by atoms with Crippen molar-refractivity contribution in [2.45, 2.75) is 118 Å². The molecule has 7 aromatic heterocycles. The van der Waals surface area contributed by atoms with Gasteiger partial charge in [0.15, 0.2) is 5.82 Å². The van der Waals surface area contributed by atoms with Crippen LogP contribution in [0.5, 0.6) is 0 Å². The number of H-pyrrole nitrogens is 1. The molecule has 0 atom stereocenters. The second-order valence-electron chi connectivity index (χ2n) is 29.5. The zero-order chi connectivity index (χ0) is 102. The van der Waals surface area contributed by atoms with Crippen LogP contribution in [0, 0.1) is 0 Å². The van der Waals surface area contributed by atoms with Gasteiger partial charge in [0.25, 0.3) is 10.4 Å². The smallest absolute Gasteiger partial charge is 0.399 e. The van der Waals surface area contributed by atoms with Crippen LogP contribution in [0.1, 0.15) is 87.7 Å². The fourth-order valence-corrected chi connectivity index (χ4v) is 22.7. The highest BCUT2D eigenvalue weighted by Crippen LogP contribution is 2.65. The SMILES string of the molecule is O=P(O)(O)C(F)(F)c1ccc(CCCSc2ccc3ccccc3n2)cc1Br.O=P(O)(O)C(F)(F)c1ccc(CCCSc2ccccn2)cc1Br.O=P(O)(O)C(F)(F)c1ccc(CCCSc2n[nH]c(-c3ccc(Cl)cc3)n2)cc1Br.O=P(O)(O)C(F)(F)c1ccc(CCCSc2nnc(-c3ccncc3)o2)cc1Br.O=P(O)(O)C(F)(F)c1ccc(CCCSc2nnc(-c3ccncc3)o2)cc1Br. The molecule has 7 aromatic carbocycles. The van der Waals surface area contributed by atoms with E-state index in [1.54, 1.807) is 90.9 Å². The van der Waals surface area contributed by atoms with Gasteiger partial charge in [0, 0.05) is 126 Å². The maximum atomic E-state index is 13.9. The van der Waals surface area contributed by atoms with Gasteiger partial charge in [-0.05, 0) is 207 Å². The summed E-state index contributed by atoms with van der Waals surface area (Å²) >= 11 is 28.3. The van der Waals surface area contributed by atoms with Gasteiger partial charge in [-0.1, -0.05) is 218 Å². The molecule has 140 heavy (non-hydrogen) atoms. The Morgan fingerprint density at radius 3 is 1.01 bits per heavy atom. The topological polar surface area (TPSA) is 459 Å². The number of nitrogens with one attached hydrogen (secondary N) is 1.